The third-order valence-corrected chi connectivity index (χ3v) is 1.83. The second-order valence-corrected chi connectivity index (χ2v) is 3.02. The SMILES string of the molecule is CCOC(=O)C#Cc1cnc(F)c(C(=O)OC)c1. The van der Waals surface area contributed by atoms with Crippen LogP contribution in [0.25, 0.3) is 0 Å². The number of nitrogens with zero attached hydrogens (tertiary/aromatic N) is 1. The molecule has 0 bridgehead atoms. The summed E-state index contributed by atoms with van der Waals surface area (Å²) in [4.78, 5) is 25.5. The number of hydrogen-bond donors (Lipinski definition) is 0. The molecule has 18 heavy (non-hydrogen) atoms. The topological polar surface area (TPSA) is 65.5 Å². The fourth-order valence-electron chi connectivity index (χ4n) is 1.06. The highest BCUT2D eigenvalue weighted by molar-refractivity contribution is 5.91. The van der Waals surface area contributed by atoms with E-state index in [4.69, 9.17) is 0 Å². The second kappa shape index (κ2) is 6.35. The summed E-state index contributed by atoms with van der Waals surface area (Å²) in [5.41, 5.74) is -0.127. The van der Waals surface area contributed by atoms with E-state index in [-0.39, 0.29) is 17.7 Å². The number of carbonyl (C=O) groups is 2. The van der Waals surface area contributed by atoms with Crippen molar-refractivity contribution < 1.29 is 23.5 Å². The van der Waals surface area contributed by atoms with Gasteiger partial charge in [0.1, 0.15) is 5.56 Å². The van der Waals surface area contributed by atoms with Crippen LogP contribution in [0.4, 0.5) is 4.39 Å². The van der Waals surface area contributed by atoms with Gasteiger partial charge in [0.05, 0.1) is 13.7 Å². The first-order valence-electron chi connectivity index (χ1n) is 5.01. The Kier molecular flexibility index (Phi) is 4.81. The Morgan fingerprint density at radius 3 is 2.83 bits per heavy atom. The molecule has 0 aliphatic heterocycles. The zero-order chi connectivity index (χ0) is 13.5. The molecule has 0 unspecified atom stereocenters. The van der Waals surface area contributed by atoms with Crippen molar-refractivity contribution in [3.8, 4) is 11.8 Å². The summed E-state index contributed by atoms with van der Waals surface area (Å²) >= 11 is 0. The third kappa shape index (κ3) is 3.56. The van der Waals surface area contributed by atoms with E-state index in [2.05, 4.69) is 26.3 Å². The lowest BCUT2D eigenvalue weighted by Gasteiger charge is -2.00. The molecule has 0 aliphatic carbocycles. The van der Waals surface area contributed by atoms with E-state index in [1.54, 1.807) is 6.92 Å². The summed E-state index contributed by atoms with van der Waals surface area (Å²) in [7, 11) is 1.12. The first kappa shape index (κ1) is 13.6. The molecule has 0 atom stereocenters. The maximum Gasteiger partial charge on any atom is 0.384 e. The molecule has 5 nitrogen and oxygen atoms in total. The molecule has 0 saturated heterocycles. The number of esters is 2. The van der Waals surface area contributed by atoms with Crippen LogP contribution in [0.1, 0.15) is 22.8 Å². The molecule has 1 aromatic heterocycles. The maximum absolute atomic E-state index is 13.2. The lowest BCUT2D eigenvalue weighted by Crippen LogP contribution is -2.06. The summed E-state index contributed by atoms with van der Waals surface area (Å²) in [6.45, 7) is 1.86. The molecule has 94 valence electrons. The molecule has 0 radical (unpaired) electrons. The summed E-state index contributed by atoms with van der Waals surface area (Å²) < 4.78 is 22.1. The zero-order valence-electron chi connectivity index (χ0n) is 9.82. The largest absolute Gasteiger partial charge is 0.465 e. The molecular formula is C12H10FNO4. The Morgan fingerprint density at radius 2 is 2.22 bits per heavy atom. The van der Waals surface area contributed by atoms with Gasteiger partial charge in [-0.3, -0.25) is 0 Å². The highest BCUT2D eigenvalue weighted by Crippen LogP contribution is 2.08. The van der Waals surface area contributed by atoms with E-state index in [0.29, 0.717) is 0 Å². The van der Waals surface area contributed by atoms with Gasteiger partial charge in [-0.1, -0.05) is 5.92 Å². The summed E-state index contributed by atoms with van der Waals surface area (Å²) in [6.07, 6.45) is 1.11. The van der Waals surface area contributed by atoms with Crippen LogP contribution in [0.5, 0.6) is 0 Å². The highest BCUT2D eigenvalue weighted by atomic mass is 19.1. The van der Waals surface area contributed by atoms with Gasteiger partial charge in [-0.15, -0.1) is 0 Å². The Hall–Kier alpha value is -2.42. The smallest absolute Gasteiger partial charge is 0.384 e. The monoisotopic (exact) mass is 251 g/mol. The molecular weight excluding hydrogens is 241 g/mol. The van der Waals surface area contributed by atoms with Crippen molar-refractivity contribution in [1.82, 2.24) is 4.98 Å². The van der Waals surface area contributed by atoms with Crippen molar-refractivity contribution in [2.45, 2.75) is 6.92 Å². The Bertz CT molecular complexity index is 531. The standard InChI is InChI=1S/C12H10FNO4/c1-3-18-10(15)5-4-8-6-9(12(16)17-2)11(13)14-7-8/h6-7H,3H2,1-2H3. The minimum atomic E-state index is -0.955. The Balaban J connectivity index is 2.98. The van der Waals surface area contributed by atoms with Gasteiger partial charge in [0.15, 0.2) is 0 Å². The summed E-state index contributed by atoms with van der Waals surface area (Å²) in [5.74, 6) is 2.07. The van der Waals surface area contributed by atoms with Crippen LogP contribution in [0, 0.1) is 17.8 Å². The third-order valence-electron chi connectivity index (χ3n) is 1.83. The first-order valence-corrected chi connectivity index (χ1v) is 5.01. The zero-order valence-corrected chi connectivity index (χ0v) is 9.82. The number of pyridine rings is 1. The Labute approximate surface area is 103 Å². The van der Waals surface area contributed by atoms with Gasteiger partial charge in [-0.25, -0.2) is 14.6 Å². The molecule has 1 rings (SSSR count). The van der Waals surface area contributed by atoms with E-state index >= 15 is 0 Å². The van der Waals surface area contributed by atoms with Gasteiger partial charge in [0.25, 0.3) is 0 Å². The van der Waals surface area contributed by atoms with E-state index < -0.39 is 17.9 Å². The molecule has 1 aromatic rings. The van der Waals surface area contributed by atoms with Gasteiger partial charge in [-0.2, -0.15) is 4.39 Å². The summed E-state index contributed by atoms with van der Waals surface area (Å²) in [5, 5.41) is 0. The van der Waals surface area contributed by atoms with Crippen LogP contribution < -0.4 is 0 Å². The van der Waals surface area contributed by atoms with Gasteiger partial charge in [0.2, 0.25) is 5.95 Å². The fraction of sp³-hybridized carbons (Fsp3) is 0.250. The molecule has 0 amide bonds. The molecule has 0 aromatic carbocycles. The first-order chi connectivity index (χ1) is 8.58. The minimum absolute atomic E-state index is 0.211. The van der Waals surface area contributed by atoms with Crippen molar-refractivity contribution >= 4 is 11.9 Å². The number of halogens is 1. The van der Waals surface area contributed by atoms with Crippen LogP contribution in [0.3, 0.4) is 0 Å². The number of carbonyl (C=O) groups excluding carboxylic acids is 2. The van der Waals surface area contributed by atoms with Crippen molar-refractivity contribution in [3.63, 3.8) is 0 Å². The van der Waals surface area contributed by atoms with Crippen LogP contribution in [0.2, 0.25) is 0 Å². The summed E-state index contributed by atoms with van der Waals surface area (Å²) in [6, 6.07) is 1.15. The average Bonchev–Trinajstić information content (AvgIpc) is 2.37. The van der Waals surface area contributed by atoms with Gasteiger partial charge in [-0.05, 0) is 13.0 Å². The number of aromatic nitrogens is 1. The lowest BCUT2D eigenvalue weighted by molar-refractivity contribution is -0.136. The minimum Gasteiger partial charge on any atom is -0.465 e. The maximum atomic E-state index is 13.2. The molecule has 0 aliphatic rings. The van der Waals surface area contributed by atoms with Crippen LogP contribution >= 0.6 is 0 Å². The van der Waals surface area contributed by atoms with E-state index in [9.17, 15) is 14.0 Å². The van der Waals surface area contributed by atoms with Gasteiger partial charge in [0, 0.05) is 17.7 Å². The second-order valence-electron chi connectivity index (χ2n) is 3.02. The molecule has 1 heterocycles. The molecule has 0 fully saturated rings. The predicted molar refractivity (Wildman–Crippen MR) is 59.0 cm³/mol. The average molecular weight is 251 g/mol. The van der Waals surface area contributed by atoms with Crippen molar-refractivity contribution in [2.24, 2.45) is 0 Å². The molecule has 0 N–H and O–H groups in total. The quantitative estimate of drug-likeness (QED) is 0.444. The van der Waals surface area contributed by atoms with Gasteiger partial charge >= 0.3 is 11.9 Å². The number of rotatable bonds is 2. The molecule has 0 saturated carbocycles. The van der Waals surface area contributed by atoms with E-state index in [0.717, 1.165) is 19.4 Å². The predicted octanol–water partition coefficient (Wildman–Crippen LogP) is 0.922. The van der Waals surface area contributed by atoms with Crippen LogP contribution in [0.15, 0.2) is 12.3 Å². The van der Waals surface area contributed by atoms with Crippen molar-refractivity contribution in [1.29, 1.82) is 0 Å². The van der Waals surface area contributed by atoms with Crippen molar-refractivity contribution in [3.05, 3.63) is 29.3 Å². The number of methoxy groups -OCH3 is 1. The number of hydrogen-bond acceptors (Lipinski definition) is 5. The number of ether oxygens (including phenoxy) is 2. The highest BCUT2D eigenvalue weighted by Gasteiger charge is 2.13. The molecule has 6 heteroatoms. The lowest BCUT2D eigenvalue weighted by atomic mass is 10.2. The van der Waals surface area contributed by atoms with E-state index in [1.165, 1.54) is 0 Å². The van der Waals surface area contributed by atoms with Crippen LogP contribution in [-0.4, -0.2) is 30.6 Å². The molecule has 0 spiro atoms. The Morgan fingerprint density at radius 1 is 1.50 bits per heavy atom. The van der Waals surface area contributed by atoms with Gasteiger partial charge < -0.3 is 9.47 Å². The van der Waals surface area contributed by atoms with Crippen molar-refractivity contribution in [2.75, 3.05) is 13.7 Å². The fourth-order valence-corrected chi connectivity index (χ4v) is 1.06. The van der Waals surface area contributed by atoms with Crippen LogP contribution in [-0.2, 0) is 14.3 Å². The van der Waals surface area contributed by atoms with E-state index in [1.807, 2.05) is 0 Å². The normalized spacial score (nSPS) is 9.06.